The Labute approximate surface area is 179 Å². The molecule has 0 unspecified atom stereocenters. The smallest absolute Gasteiger partial charge is 0.353 e. The van der Waals surface area contributed by atoms with Crippen molar-refractivity contribution in [3.63, 3.8) is 0 Å². The van der Waals surface area contributed by atoms with Crippen molar-refractivity contribution in [3.8, 4) is 5.75 Å². The van der Waals surface area contributed by atoms with Crippen LogP contribution in [-0.4, -0.2) is 24.2 Å². The molecular formula is C24H26F5NO. The summed E-state index contributed by atoms with van der Waals surface area (Å²) in [5.41, 5.74) is -2.31. The van der Waals surface area contributed by atoms with E-state index in [2.05, 4.69) is 19.9 Å². The lowest BCUT2D eigenvalue weighted by molar-refractivity contribution is -0.0278. The van der Waals surface area contributed by atoms with Gasteiger partial charge < -0.3 is 9.64 Å². The maximum Gasteiger partial charge on any atom is 0.353 e. The Kier molecular flexibility index (Phi) is 4.84. The van der Waals surface area contributed by atoms with Crippen molar-refractivity contribution in [1.82, 2.24) is 0 Å². The van der Waals surface area contributed by atoms with E-state index in [0.29, 0.717) is 24.8 Å². The van der Waals surface area contributed by atoms with E-state index < -0.39 is 22.9 Å². The third kappa shape index (κ3) is 3.11. The van der Waals surface area contributed by atoms with E-state index in [4.69, 9.17) is 4.74 Å². The highest BCUT2D eigenvalue weighted by Gasteiger charge is 3.01. The molecule has 31 heavy (non-hydrogen) atoms. The van der Waals surface area contributed by atoms with Crippen molar-refractivity contribution in [2.24, 2.45) is 5.41 Å². The molecule has 1 heterocycles. The molecule has 168 valence electrons. The molecule has 0 bridgehead atoms. The second-order valence-corrected chi connectivity index (χ2v) is 9.53. The van der Waals surface area contributed by atoms with Gasteiger partial charge in [-0.05, 0) is 41.7 Å². The van der Waals surface area contributed by atoms with Crippen LogP contribution in [0.1, 0.15) is 50.3 Å². The highest BCUT2D eigenvalue weighted by Crippen LogP contribution is 2.74. The van der Waals surface area contributed by atoms with Crippen LogP contribution in [0.15, 0.2) is 42.5 Å². The first-order chi connectivity index (χ1) is 14.3. The Bertz CT molecular complexity index is 987. The first-order valence-corrected chi connectivity index (χ1v) is 10.4. The second-order valence-electron chi connectivity index (χ2n) is 9.53. The number of halogens is 5. The molecule has 0 radical (unpaired) electrons. The molecule has 2 aliphatic rings. The average Bonchev–Trinajstić information content (AvgIpc) is 3.04. The summed E-state index contributed by atoms with van der Waals surface area (Å²) in [5.74, 6) is -8.12. The Morgan fingerprint density at radius 2 is 1.68 bits per heavy atom. The van der Waals surface area contributed by atoms with Gasteiger partial charge in [-0.15, -0.1) is 0 Å². The highest BCUT2D eigenvalue weighted by atomic mass is 19.3. The number of nitrogens with zero attached hydrogens (tertiary/aromatic N) is 1. The summed E-state index contributed by atoms with van der Waals surface area (Å²) >= 11 is 0. The van der Waals surface area contributed by atoms with Crippen molar-refractivity contribution in [1.29, 1.82) is 0 Å². The van der Waals surface area contributed by atoms with Crippen LogP contribution < -0.4 is 9.64 Å². The normalized spacial score (nSPS) is 20.9. The molecule has 2 aromatic carbocycles. The summed E-state index contributed by atoms with van der Waals surface area (Å²) in [6, 6.07) is 13.0. The maximum atomic E-state index is 14.7. The number of hydrogen-bond donors (Lipinski definition) is 0. The monoisotopic (exact) mass is 439 g/mol. The van der Waals surface area contributed by atoms with Gasteiger partial charge in [0.05, 0.1) is 0 Å². The number of ether oxygens (including phenoxy) is 1. The summed E-state index contributed by atoms with van der Waals surface area (Å²) in [4.78, 5) is 1.97. The molecule has 1 aliphatic heterocycles. The van der Waals surface area contributed by atoms with E-state index in [1.807, 2.05) is 23.1 Å². The number of benzene rings is 2. The summed E-state index contributed by atoms with van der Waals surface area (Å²) < 4.78 is 75.0. The minimum atomic E-state index is -4.65. The third-order valence-electron chi connectivity index (χ3n) is 6.54. The third-order valence-corrected chi connectivity index (χ3v) is 6.54. The highest BCUT2D eigenvalue weighted by molar-refractivity contribution is 5.52. The van der Waals surface area contributed by atoms with Crippen molar-refractivity contribution < 1.29 is 26.7 Å². The topological polar surface area (TPSA) is 12.5 Å². The lowest BCUT2D eigenvalue weighted by atomic mass is 9.78. The fraction of sp³-hybridized carbons (Fsp3) is 0.500. The van der Waals surface area contributed by atoms with Crippen molar-refractivity contribution in [2.45, 2.75) is 64.1 Å². The fourth-order valence-corrected chi connectivity index (χ4v) is 4.52. The zero-order valence-corrected chi connectivity index (χ0v) is 18.0. The van der Waals surface area contributed by atoms with Crippen LogP contribution in [0.4, 0.5) is 27.6 Å². The molecule has 0 spiro atoms. The zero-order chi connectivity index (χ0) is 22.8. The van der Waals surface area contributed by atoms with E-state index in [0.717, 1.165) is 30.8 Å². The molecule has 0 amide bonds. The van der Waals surface area contributed by atoms with E-state index in [1.165, 1.54) is 5.56 Å². The van der Waals surface area contributed by atoms with Gasteiger partial charge in [-0.2, -0.15) is 17.6 Å². The molecule has 1 saturated carbocycles. The minimum absolute atomic E-state index is 0.245. The second kappa shape index (κ2) is 6.84. The molecular weight excluding hydrogens is 413 g/mol. The lowest BCUT2D eigenvalue weighted by Crippen LogP contribution is -2.37. The van der Waals surface area contributed by atoms with Crippen molar-refractivity contribution >= 4 is 5.69 Å². The predicted octanol–water partition coefficient (Wildman–Crippen LogP) is 6.73. The van der Waals surface area contributed by atoms with E-state index in [-0.39, 0.29) is 6.42 Å². The van der Waals surface area contributed by atoms with Crippen molar-refractivity contribution in [3.05, 3.63) is 59.2 Å². The van der Waals surface area contributed by atoms with E-state index in [9.17, 15) is 22.0 Å². The van der Waals surface area contributed by atoms with Crippen LogP contribution >= 0.6 is 0 Å². The predicted molar refractivity (Wildman–Crippen MR) is 110 cm³/mol. The van der Waals surface area contributed by atoms with Crippen LogP contribution in [-0.2, 0) is 13.0 Å². The van der Waals surface area contributed by atoms with Gasteiger partial charge in [0.15, 0.2) is 6.73 Å². The van der Waals surface area contributed by atoms with E-state index in [1.54, 1.807) is 18.2 Å². The quantitative estimate of drug-likeness (QED) is 0.479. The number of anilines is 1. The average molecular weight is 439 g/mol. The lowest BCUT2D eigenvalue weighted by Gasteiger charge is -2.32. The van der Waals surface area contributed by atoms with Gasteiger partial charge in [0.2, 0.25) is 0 Å². The SMILES string of the molecule is CC(C)c1ccc2c(c1)CN(c1cccc(CC(C)(C)C3(F)C(F)(F)C3(F)F)c1)CO2. The first kappa shape index (κ1) is 21.9. The van der Waals surface area contributed by atoms with Gasteiger partial charge in [-0.3, -0.25) is 0 Å². The molecule has 0 saturated heterocycles. The summed E-state index contributed by atoms with van der Waals surface area (Å²) in [6.07, 6.45) is -0.245. The maximum absolute atomic E-state index is 14.7. The number of alkyl halides is 5. The number of hydrogen-bond acceptors (Lipinski definition) is 2. The summed E-state index contributed by atoms with van der Waals surface area (Å²) in [5, 5.41) is 0. The Hall–Kier alpha value is -2.31. The van der Waals surface area contributed by atoms with Gasteiger partial charge in [-0.25, -0.2) is 4.39 Å². The van der Waals surface area contributed by atoms with Gasteiger partial charge in [0.25, 0.3) is 5.67 Å². The molecule has 0 N–H and O–H groups in total. The molecule has 7 heteroatoms. The van der Waals surface area contributed by atoms with Gasteiger partial charge >= 0.3 is 11.8 Å². The Morgan fingerprint density at radius 1 is 1.00 bits per heavy atom. The summed E-state index contributed by atoms with van der Waals surface area (Å²) in [7, 11) is 0. The minimum Gasteiger partial charge on any atom is -0.473 e. The van der Waals surface area contributed by atoms with E-state index >= 15 is 0 Å². The Balaban J connectivity index is 1.55. The fourth-order valence-electron chi connectivity index (χ4n) is 4.52. The molecule has 4 rings (SSSR count). The molecule has 2 nitrogen and oxygen atoms in total. The van der Waals surface area contributed by atoms with Gasteiger partial charge in [0, 0.05) is 23.2 Å². The molecule has 1 aliphatic carbocycles. The van der Waals surface area contributed by atoms with Crippen LogP contribution in [0.3, 0.4) is 0 Å². The molecule has 1 fully saturated rings. The van der Waals surface area contributed by atoms with Gasteiger partial charge in [0.1, 0.15) is 5.75 Å². The zero-order valence-electron chi connectivity index (χ0n) is 18.0. The number of fused-ring (bicyclic) bond motifs is 1. The van der Waals surface area contributed by atoms with Crippen LogP contribution in [0.2, 0.25) is 0 Å². The van der Waals surface area contributed by atoms with Crippen LogP contribution in [0, 0.1) is 5.41 Å². The molecule has 2 aromatic rings. The van der Waals surface area contributed by atoms with Gasteiger partial charge in [-0.1, -0.05) is 52.0 Å². The molecule has 0 atom stereocenters. The Morgan fingerprint density at radius 3 is 2.29 bits per heavy atom. The van der Waals surface area contributed by atoms with Crippen LogP contribution in [0.25, 0.3) is 0 Å². The van der Waals surface area contributed by atoms with Crippen LogP contribution in [0.5, 0.6) is 5.75 Å². The standard InChI is InChI=1S/C24H26F5NO/c1-15(2)17-8-9-20-18(11-17)13-30(14-31-20)19-7-5-6-16(10-19)12-21(3,4)22(25)23(26,27)24(22,28)29/h5-11,15H,12-14H2,1-4H3. The van der Waals surface area contributed by atoms with Crippen molar-refractivity contribution in [2.75, 3.05) is 11.6 Å². The summed E-state index contributed by atoms with van der Waals surface area (Å²) in [6.45, 7) is 7.36. The molecule has 0 aromatic heterocycles. The number of rotatable bonds is 5. The first-order valence-electron chi connectivity index (χ1n) is 10.4. The largest absolute Gasteiger partial charge is 0.473 e.